The lowest BCUT2D eigenvalue weighted by Gasteiger charge is -2.33. The maximum Gasteiger partial charge on any atom is 0.311 e. The SMILES string of the molecule is COCc1ccccc1S(=O)(=O)NCC1(C(=O)O)CCOCC1. The minimum atomic E-state index is -3.82. The van der Waals surface area contributed by atoms with E-state index in [1.54, 1.807) is 18.2 Å². The monoisotopic (exact) mass is 343 g/mol. The Bertz CT molecular complexity index is 652. The van der Waals surface area contributed by atoms with Gasteiger partial charge in [0.15, 0.2) is 0 Å². The van der Waals surface area contributed by atoms with Crippen LogP contribution in [0.2, 0.25) is 0 Å². The Labute approximate surface area is 135 Å². The zero-order chi connectivity index (χ0) is 16.9. The van der Waals surface area contributed by atoms with Crippen LogP contribution in [0.3, 0.4) is 0 Å². The van der Waals surface area contributed by atoms with Gasteiger partial charge in [0.1, 0.15) is 0 Å². The zero-order valence-electron chi connectivity index (χ0n) is 12.9. The zero-order valence-corrected chi connectivity index (χ0v) is 13.8. The summed E-state index contributed by atoms with van der Waals surface area (Å²) >= 11 is 0. The number of hydrogen-bond acceptors (Lipinski definition) is 5. The fourth-order valence-corrected chi connectivity index (χ4v) is 3.93. The molecule has 1 aromatic rings. The van der Waals surface area contributed by atoms with Crippen LogP contribution in [0.25, 0.3) is 0 Å². The molecule has 0 radical (unpaired) electrons. The molecule has 1 aromatic carbocycles. The van der Waals surface area contributed by atoms with Crippen molar-refractivity contribution in [2.24, 2.45) is 5.41 Å². The van der Waals surface area contributed by atoms with Gasteiger partial charge in [0.2, 0.25) is 10.0 Å². The van der Waals surface area contributed by atoms with Crippen molar-refractivity contribution >= 4 is 16.0 Å². The summed E-state index contributed by atoms with van der Waals surface area (Å²) < 4.78 is 37.7. The Morgan fingerprint density at radius 2 is 2.00 bits per heavy atom. The van der Waals surface area contributed by atoms with Gasteiger partial charge in [-0.05, 0) is 24.5 Å². The normalized spacial score (nSPS) is 17.8. The number of ether oxygens (including phenoxy) is 2. The van der Waals surface area contributed by atoms with E-state index in [1.807, 2.05) is 0 Å². The molecule has 1 saturated heterocycles. The number of carboxylic acids is 1. The predicted molar refractivity (Wildman–Crippen MR) is 82.5 cm³/mol. The molecule has 0 aliphatic carbocycles. The minimum Gasteiger partial charge on any atom is -0.481 e. The molecule has 0 aromatic heterocycles. The lowest BCUT2D eigenvalue weighted by atomic mass is 9.80. The molecular formula is C15H21NO6S. The fraction of sp³-hybridized carbons (Fsp3) is 0.533. The first-order valence-corrected chi connectivity index (χ1v) is 8.77. The highest BCUT2D eigenvalue weighted by atomic mass is 32.2. The quantitative estimate of drug-likeness (QED) is 0.765. The molecule has 0 atom stereocenters. The van der Waals surface area contributed by atoms with Gasteiger partial charge in [-0.15, -0.1) is 0 Å². The van der Waals surface area contributed by atoms with E-state index in [4.69, 9.17) is 9.47 Å². The fourth-order valence-electron chi connectivity index (χ4n) is 2.58. The number of methoxy groups -OCH3 is 1. The third kappa shape index (κ3) is 4.08. The Balaban J connectivity index is 2.19. The molecule has 0 amide bonds. The third-order valence-corrected chi connectivity index (χ3v) is 5.57. The predicted octanol–water partition coefficient (Wildman–Crippen LogP) is 0.993. The Morgan fingerprint density at radius 3 is 2.61 bits per heavy atom. The van der Waals surface area contributed by atoms with Crippen molar-refractivity contribution in [1.29, 1.82) is 0 Å². The first kappa shape index (κ1) is 17.9. The number of rotatable bonds is 7. The highest BCUT2D eigenvalue weighted by Gasteiger charge is 2.41. The summed E-state index contributed by atoms with van der Waals surface area (Å²) in [6, 6.07) is 6.49. The van der Waals surface area contributed by atoms with E-state index >= 15 is 0 Å². The van der Waals surface area contributed by atoms with Crippen molar-refractivity contribution < 1.29 is 27.8 Å². The van der Waals surface area contributed by atoms with Crippen molar-refractivity contribution in [3.8, 4) is 0 Å². The minimum absolute atomic E-state index is 0.106. The summed E-state index contributed by atoms with van der Waals surface area (Å²) in [5.41, 5.74) is -0.597. The third-order valence-electron chi connectivity index (χ3n) is 4.07. The van der Waals surface area contributed by atoms with Crippen LogP contribution in [-0.2, 0) is 30.9 Å². The van der Waals surface area contributed by atoms with Crippen LogP contribution in [0.15, 0.2) is 29.2 Å². The van der Waals surface area contributed by atoms with Crippen molar-refractivity contribution in [3.63, 3.8) is 0 Å². The van der Waals surface area contributed by atoms with E-state index in [0.717, 1.165) is 0 Å². The molecule has 0 saturated carbocycles. The average Bonchev–Trinajstić information content (AvgIpc) is 2.54. The molecule has 1 fully saturated rings. The molecule has 23 heavy (non-hydrogen) atoms. The molecule has 7 nitrogen and oxygen atoms in total. The maximum absolute atomic E-state index is 12.5. The van der Waals surface area contributed by atoms with Crippen LogP contribution in [-0.4, -0.2) is 46.4 Å². The van der Waals surface area contributed by atoms with E-state index in [0.29, 0.717) is 18.8 Å². The lowest BCUT2D eigenvalue weighted by Crippen LogP contribution is -2.46. The van der Waals surface area contributed by atoms with Gasteiger partial charge in [-0.3, -0.25) is 4.79 Å². The summed E-state index contributed by atoms with van der Waals surface area (Å²) in [6.45, 7) is 0.632. The van der Waals surface area contributed by atoms with Gasteiger partial charge >= 0.3 is 5.97 Å². The van der Waals surface area contributed by atoms with Crippen molar-refractivity contribution in [1.82, 2.24) is 4.72 Å². The van der Waals surface area contributed by atoms with Gasteiger partial charge in [-0.25, -0.2) is 13.1 Å². The molecule has 1 aliphatic rings. The highest BCUT2D eigenvalue weighted by molar-refractivity contribution is 7.89. The van der Waals surface area contributed by atoms with E-state index in [2.05, 4.69) is 4.72 Å². The Hall–Kier alpha value is -1.48. The smallest absolute Gasteiger partial charge is 0.311 e. The first-order chi connectivity index (χ1) is 10.9. The van der Waals surface area contributed by atoms with Crippen LogP contribution >= 0.6 is 0 Å². The average molecular weight is 343 g/mol. The van der Waals surface area contributed by atoms with Gasteiger partial charge in [0, 0.05) is 26.9 Å². The molecule has 2 N–H and O–H groups in total. The molecule has 8 heteroatoms. The van der Waals surface area contributed by atoms with Crippen LogP contribution in [0.5, 0.6) is 0 Å². The standard InChI is InChI=1S/C15H21NO6S/c1-21-10-12-4-2-3-5-13(12)23(19,20)16-11-15(14(17)18)6-8-22-9-7-15/h2-5,16H,6-11H2,1H3,(H,17,18). The van der Waals surface area contributed by atoms with E-state index in [1.165, 1.54) is 13.2 Å². The van der Waals surface area contributed by atoms with E-state index < -0.39 is 21.4 Å². The number of carboxylic acid groups (broad SMARTS) is 1. The van der Waals surface area contributed by atoms with Crippen LogP contribution in [0.1, 0.15) is 18.4 Å². The largest absolute Gasteiger partial charge is 0.481 e. The number of aliphatic carboxylic acids is 1. The molecule has 1 aliphatic heterocycles. The van der Waals surface area contributed by atoms with Gasteiger partial charge in [-0.2, -0.15) is 0 Å². The number of hydrogen-bond donors (Lipinski definition) is 2. The van der Waals surface area contributed by atoms with Gasteiger partial charge in [-0.1, -0.05) is 18.2 Å². The summed E-state index contributed by atoms with van der Waals surface area (Å²) in [7, 11) is -2.33. The molecule has 0 spiro atoms. The first-order valence-electron chi connectivity index (χ1n) is 7.29. The second-order valence-electron chi connectivity index (χ2n) is 5.56. The van der Waals surface area contributed by atoms with Gasteiger partial charge < -0.3 is 14.6 Å². The maximum atomic E-state index is 12.5. The second kappa shape index (κ2) is 7.39. The molecule has 0 bridgehead atoms. The summed E-state index contributed by atoms with van der Waals surface area (Å²) in [6.07, 6.45) is 0.565. The molecule has 2 rings (SSSR count). The second-order valence-corrected chi connectivity index (χ2v) is 7.30. The van der Waals surface area contributed by atoms with Crippen molar-refractivity contribution in [2.45, 2.75) is 24.3 Å². The Morgan fingerprint density at radius 1 is 1.35 bits per heavy atom. The van der Waals surface area contributed by atoms with Crippen molar-refractivity contribution in [2.75, 3.05) is 26.9 Å². The molecular weight excluding hydrogens is 322 g/mol. The van der Waals surface area contributed by atoms with Crippen LogP contribution in [0, 0.1) is 5.41 Å². The van der Waals surface area contributed by atoms with Crippen LogP contribution in [0.4, 0.5) is 0 Å². The molecule has 128 valence electrons. The summed E-state index contributed by atoms with van der Waals surface area (Å²) in [5, 5.41) is 9.48. The van der Waals surface area contributed by atoms with Gasteiger partial charge in [0.25, 0.3) is 0 Å². The number of carbonyl (C=O) groups is 1. The van der Waals surface area contributed by atoms with E-state index in [9.17, 15) is 18.3 Å². The number of benzene rings is 1. The van der Waals surface area contributed by atoms with E-state index in [-0.39, 0.29) is 30.9 Å². The summed E-state index contributed by atoms with van der Waals surface area (Å²) in [4.78, 5) is 11.7. The topological polar surface area (TPSA) is 102 Å². The molecule has 0 unspecified atom stereocenters. The van der Waals surface area contributed by atoms with Crippen LogP contribution < -0.4 is 4.72 Å². The molecule has 1 heterocycles. The Kier molecular flexibility index (Phi) is 5.74. The lowest BCUT2D eigenvalue weighted by molar-refractivity contribution is -0.154. The number of sulfonamides is 1. The highest BCUT2D eigenvalue weighted by Crippen LogP contribution is 2.30. The van der Waals surface area contributed by atoms with Crippen molar-refractivity contribution in [3.05, 3.63) is 29.8 Å². The number of nitrogens with one attached hydrogen (secondary N) is 1. The van der Waals surface area contributed by atoms with Gasteiger partial charge in [0.05, 0.1) is 16.9 Å². The summed E-state index contributed by atoms with van der Waals surface area (Å²) in [5.74, 6) is -1.01.